The summed E-state index contributed by atoms with van der Waals surface area (Å²) in [6.45, 7) is 1.80. The Labute approximate surface area is 102 Å². The summed E-state index contributed by atoms with van der Waals surface area (Å²) in [7, 11) is 0.284. The number of piperidine rings is 1. The van der Waals surface area contributed by atoms with Crippen LogP contribution in [0.15, 0.2) is 17.3 Å². The largest absolute Gasteiger partial charge is 0.305 e. The van der Waals surface area contributed by atoms with Crippen LogP contribution in [0.3, 0.4) is 0 Å². The number of hydrogen-bond donors (Lipinski definition) is 1. The third kappa shape index (κ3) is 3.05. The molecule has 1 fully saturated rings. The molecular formula is C10H18N4O2S. The predicted molar refractivity (Wildman–Crippen MR) is 64.0 cm³/mol. The zero-order valence-corrected chi connectivity index (χ0v) is 10.9. The first-order valence-corrected chi connectivity index (χ1v) is 7.15. The Morgan fingerprint density at radius 1 is 1.47 bits per heavy atom. The quantitative estimate of drug-likeness (QED) is 0.815. The third-order valence-electron chi connectivity index (χ3n) is 2.94. The van der Waals surface area contributed by atoms with Crippen molar-refractivity contribution in [2.24, 2.45) is 7.05 Å². The zero-order valence-electron chi connectivity index (χ0n) is 10.1. The van der Waals surface area contributed by atoms with Gasteiger partial charge in [-0.3, -0.25) is 4.68 Å². The lowest BCUT2D eigenvalue weighted by molar-refractivity contribution is 0.242. The van der Waals surface area contributed by atoms with E-state index in [2.05, 4.69) is 14.7 Å². The molecule has 0 aliphatic carbocycles. The van der Waals surface area contributed by atoms with E-state index in [1.807, 2.05) is 7.05 Å². The minimum Gasteiger partial charge on any atom is -0.305 e. The van der Waals surface area contributed by atoms with Gasteiger partial charge in [0, 0.05) is 25.8 Å². The van der Waals surface area contributed by atoms with E-state index >= 15 is 0 Å². The molecule has 1 unspecified atom stereocenters. The van der Waals surface area contributed by atoms with Crippen molar-refractivity contribution in [1.29, 1.82) is 0 Å². The highest BCUT2D eigenvalue weighted by Crippen LogP contribution is 2.12. The molecular weight excluding hydrogens is 240 g/mol. The van der Waals surface area contributed by atoms with Gasteiger partial charge >= 0.3 is 0 Å². The molecule has 1 aliphatic rings. The molecule has 0 spiro atoms. The van der Waals surface area contributed by atoms with E-state index < -0.39 is 10.0 Å². The Hall–Kier alpha value is -0.920. The summed E-state index contributed by atoms with van der Waals surface area (Å²) < 4.78 is 28.3. The minimum absolute atomic E-state index is 0.000967. The maximum absolute atomic E-state index is 12.0. The van der Waals surface area contributed by atoms with E-state index in [0.29, 0.717) is 0 Å². The normalized spacial score (nSPS) is 22.8. The molecule has 0 radical (unpaired) electrons. The first kappa shape index (κ1) is 12.5. The molecule has 1 N–H and O–H groups in total. The van der Waals surface area contributed by atoms with E-state index in [0.717, 1.165) is 25.9 Å². The fraction of sp³-hybridized carbons (Fsp3) is 0.700. The van der Waals surface area contributed by atoms with Gasteiger partial charge in [0.2, 0.25) is 10.0 Å². The van der Waals surface area contributed by atoms with Crippen LogP contribution in [-0.2, 0) is 17.1 Å². The van der Waals surface area contributed by atoms with Gasteiger partial charge in [-0.15, -0.1) is 0 Å². The molecule has 0 aromatic carbocycles. The summed E-state index contributed by atoms with van der Waals surface area (Å²) in [6.07, 6.45) is 4.80. The smallest absolute Gasteiger partial charge is 0.243 e. The van der Waals surface area contributed by atoms with Gasteiger partial charge in [0.15, 0.2) is 0 Å². The lowest BCUT2D eigenvalue weighted by Crippen LogP contribution is -2.46. The highest BCUT2D eigenvalue weighted by atomic mass is 32.2. The number of rotatable bonds is 3. The summed E-state index contributed by atoms with van der Waals surface area (Å²) in [5, 5.41) is 3.88. The van der Waals surface area contributed by atoms with E-state index in [1.165, 1.54) is 17.1 Å². The van der Waals surface area contributed by atoms with Crippen LogP contribution in [0.4, 0.5) is 0 Å². The molecule has 1 aliphatic heterocycles. The van der Waals surface area contributed by atoms with Crippen molar-refractivity contribution in [3.63, 3.8) is 0 Å². The molecule has 2 rings (SSSR count). The lowest BCUT2D eigenvalue weighted by Gasteiger charge is -2.29. The number of hydrogen-bond acceptors (Lipinski definition) is 4. The second-order valence-corrected chi connectivity index (χ2v) is 6.29. The van der Waals surface area contributed by atoms with Gasteiger partial charge in [-0.2, -0.15) is 5.10 Å². The van der Waals surface area contributed by atoms with Crippen LogP contribution in [0.5, 0.6) is 0 Å². The molecule has 2 heterocycles. The fourth-order valence-corrected chi connectivity index (χ4v) is 3.33. The zero-order chi connectivity index (χ0) is 12.5. The minimum atomic E-state index is -3.42. The number of nitrogens with one attached hydrogen (secondary N) is 1. The highest BCUT2D eigenvalue weighted by molar-refractivity contribution is 7.89. The Bertz CT molecular complexity index is 482. The number of aryl methyl sites for hydroxylation is 1. The van der Waals surface area contributed by atoms with Crippen LogP contribution in [-0.4, -0.2) is 49.3 Å². The lowest BCUT2D eigenvalue weighted by atomic mass is 10.1. The van der Waals surface area contributed by atoms with Crippen molar-refractivity contribution >= 4 is 10.0 Å². The van der Waals surface area contributed by atoms with Gasteiger partial charge in [0.1, 0.15) is 4.90 Å². The van der Waals surface area contributed by atoms with Gasteiger partial charge in [-0.1, -0.05) is 0 Å². The molecule has 0 amide bonds. The molecule has 7 heteroatoms. The molecule has 0 saturated carbocycles. The first-order chi connectivity index (χ1) is 7.97. The summed E-state index contributed by atoms with van der Waals surface area (Å²) in [6, 6.07) is -0.000967. The van der Waals surface area contributed by atoms with Gasteiger partial charge in [-0.05, 0) is 26.4 Å². The molecule has 1 aromatic rings. The van der Waals surface area contributed by atoms with Crippen LogP contribution >= 0.6 is 0 Å². The average Bonchev–Trinajstić information content (AvgIpc) is 2.65. The fourth-order valence-electron chi connectivity index (χ4n) is 2.09. The molecule has 17 heavy (non-hydrogen) atoms. The monoisotopic (exact) mass is 258 g/mol. The van der Waals surface area contributed by atoms with Crippen LogP contribution in [0.25, 0.3) is 0 Å². The predicted octanol–water partition coefficient (Wildman–Crippen LogP) is -0.207. The number of nitrogens with zero attached hydrogens (tertiary/aromatic N) is 3. The molecule has 1 saturated heterocycles. The van der Waals surface area contributed by atoms with E-state index in [4.69, 9.17) is 0 Å². The molecule has 6 nitrogen and oxygen atoms in total. The maximum atomic E-state index is 12.0. The Morgan fingerprint density at radius 3 is 2.82 bits per heavy atom. The van der Waals surface area contributed by atoms with Crippen molar-refractivity contribution in [3.05, 3.63) is 12.4 Å². The van der Waals surface area contributed by atoms with Crippen molar-refractivity contribution in [2.75, 3.05) is 20.1 Å². The summed E-state index contributed by atoms with van der Waals surface area (Å²) >= 11 is 0. The molecule has 1 atom stereocenters. The van der Waals surface area contributed by atoms with Crippen LogP contribution in [0, 0.1) is 0 Å². The van der Waals surface area contributed by atoms with Crippen molar-refractivity contribution in [3.8, 4) is 0 Å². The second-order valence-electron chi connectivity index (χ2n) is 4.57. The van der Waals surface area contributed by atoms with Gasteiger partial charge < -0.3 is 4.90 Å². The summed E-state index contributed by atoms with van der Waals surface area (Å²) in [5.41, 5.74) is 0. The summed E-state index contributed by atoms with van der Waals surface area (Å²) in [4.78, 5) is 2.37. The number of sulfonamides is 1. The molecule has 0 bridgehead atoms. The van der Waals surface area contributed by atoms with Crippen molar-refractivity contribution in [1.82, 2.24) is 19.4 Å². The first-order valence-electron chi connectivity index (χ1n) is 5.67. The Kier molecular flexibility index (Phi) is 3.50. The number of likely N-dealkylation sites (tertiary alicyclic amines) is 1. The Morgan fingerprint density at radius 2 is 2.24 bits per heavy atom. The van der Waals surface area contributed by atoms with Gasteiger partial charge in [0.25, 0.3) is 0 Å². The molecule has 96 valence electrons. The molecule has 1 aromatic heterocycles. The van der Waals surface area contributed by atoms with E-state index in [-0.39, 0.29) is 10.9 Å². The highest BCUT2D eigenvalue weighted by Gasteiger charge is 2.24. The van der Waals surface area contributed by atoms with Crippen LogP contribution < -0.4 is 4.72 Å². The van der Waals surface area contributed by atoms with Gasteiger partial charge in [-0.25, -0.2) is 13.1 Å². The maximum Gasteiger partial charge on any atom is 0.243 e. The number of aromatic nitrogens is 2. The SMILES string of the molecule is CN1CCCC(NS(=O)(=O)c2cnn(C)c2)C1. The number of likely N-dealkylation sites (N-methyl/N-ethyl adjacent to an activating group) is 1. The van der Waals surface area contributed by atoms with Crippen LogP contribution in [0.2, 0.25) is 0 Å². The van der Waals surface area contributed by atoms with E-state index in [1.54, 1.807) is 7.05 Å². The Balaban J connectivity index is 2.07. The van der Waals surface area contributed by atoms with Gasteiger partial charge in [0.05, 0.1) is 6.20 Å². The van der Waals surface area contributed by atoms with E-state index in [9.17, 15) is 8.42 Å². The summed E-state index contributed by atoms with van der Waals surface area (Å²) in [5.74, 6) is 0. The second kappa shape index (κ2) is 4.75. The standard InChI is InChI=1S/C10H18N4O2S/c1-13-5-3-4-9(7-13)12-17(15,16)10-6-11-14(2)8-10/h6,8-9,12H,3-5,7H2,1-2H3. The van der Waals surface area contributed by atoms with Crippen molar-refractivity contribution in [2.45, 2.75) is 23.8 Å². The van der Waals surface area contributed by atoms with Crippen molar-refractivity contribution < 1.29 is 8.42 Å². The van der Waals surface area contributed by atoms with Crippen LogP contribution in [0.1, 0.15) is 12.8 Å². The topological polar surface area (TPSA) is 67.2 Å². The third-order valence-corrected chi connectivity index (χ3v) is 4.41. The average molecular weight is 258 g/mol.